The van der Waals surface area contributed by atoms with Crippen LogP contribution in [0.1, 0.15) is 66.2 Å². The molecule has 202 valence electrons. The first-order valence-corrected chi connectivity index (χ1v) is 14.4. The van der Waals surface area contributed by atoms with Crippen molar-refractivity contribution in [1.82, 2.24) is 4.90 Å². The summed E-state index contributed by atoms with van der Waals surface area (Å²) in [5, 5.41) is 21.0. The number of fused-ring (bicyclic) bond motifs is 4. The number of ketones is 1. The molecule has 37 heavy (non-hydrogen) atoms. The summed E-state index contributed by atoms with van der Waals surface area (Å²) in [6, 6.07) is 0. The standard InChI is InChI=1S/C30H41NO6/c1-15-11-23(36-27(35)18(15)14-32)16(2)19-5-6-20-17-12-25-30(37-25)26(34)22(31-9-10-31)13-24(33)29(30,4)21(17)7-8-28(19,20)3/h13,16-17,19-21,23,25-26,32,34H,5-12,14H2,1-4H3/t16-,17+,19-,20+,21+,23+,25-,26+,28-,29+,30-/m1/s1. The summed E-state index contributed by atoms with van der Waals surface area (Å²) in [5.41, 5.74) is 0.843. The van der Waals surface area contributed by atoms with Crippen LogP contribution >= 0.6 is 0 Å². The van der Waals surface area contributed by atoms with Gasteiger partial charge in [-0.3, -0.25) is 4.79 Å². The predicted molar refractivity (Wildman–Crippen MR) is 135 cm³/mol. The van der Waals surface area contributed by atoms with Gasteiger partial charge in [0.25, 0.3) is 0 Å². The molecule has 3 aliphatic heterocycles. The summed E-state index contributed by atoms with van der Waals surface area (Å²) in [6.07, 6.45) is 6.71. The third-order valence-corrected chi connectivity index (χ3v) is 12.5. The predicted octanol–water partition coefficient (Wildman–Crippen LogP) is 3.00. The fourth-order valence-corrected chi connectivity index (χ4v) is 10.3. The topological polar surface area (TPSA) is 99.4 Å². The Hall–Kier alpha value is -1.70. The molecule has 7 aliphatic rings. The van der Waals surface area contributed by atoms with Gasteiger partial charge in [-0.25, -0.2) is 4.79 Å². The van der Waals surface area contributed by atoms with Crippen molar-refractivity contribution in [3.05, 3.63) is 22.9 Å². The Kier molecular flexibility index (Phi) is 5.06. The molecule has 2 saturated heterocycles. The third kappa shape index (κ3) is 2.94. The van der Waals surface area contributed by atoms with Gasteiger partial charge in [-0.1, -0.05) is 19.4 Å². The van der Waals surface area contributed by atoms with Crippen LogP contribution in [-0.4, -0.2) is 70.5 Å². The smallest absolute Gasteiger partial charge is 0.336 e. The number of ether oxygens (including phenoxy) is 2. The number of carbonyl (C=O) groups excluding carboxylic acids is 2. The Bertz CT molecular complexity index is 1130. The lowest BCUT2D eigenvalue weighted by Crippen LogP contribution is -2.65. The van der Waals surface area contributed by atoms with Gasteiger partial charge in [0.05, 0.1) is 23.7 Å². The molecule has 7 rings (SSSR count). The van der Waals surface area contributed by atoms with Gasteiger partial charge in [-0.2, -0.15) is 0 Å². The molecule has 0 unspecified atom stereocenters. The van der Waals surface area contributed by atoms with Crippen LogP contribution < -0.4 is 0 Å². The van der Waals surface area contributed by atoms with E-state index in [1.165, 1.54) is 0 Å². The van der Waals surface area contributed by atoms with Gasteiger partial charge >= 0.3 is 5.97 Å². The van der Waals surface area contributed by atoms with Crippen molar-refractivity contribution < 1.29 is 29.3 Å². The molecule has 0 bridgehead atoms. The summed E-state index contributed by atoms with van der Waals surface area (Å²) >= 11 is 0. The van der Waals surface area contributed by atoms with Crippen LogP contribution in [0.4, 0.5) is 0 Å². The minimum Gasteiger partial charge on any atom is -0.458 e. The van der Waals surface area contributed by atoms with E-state index in [-0.39, 0.29) is 47.8 Å². The number of cyclic esters (lactones) is 1. The Morgan fingerprint density at radius 1 is 1.16 bits per heavy atom. The zero-order valence-corrected chi connectivity index (χ0v) is 22.5. The summed E-state index contributed by atoms with van der Waals surface area (Å²) in [5.74, 6) is 1.60. The maximum absolute atomic E-state index is 13.8. The van der Waals surface area contributed by atoms with Gasteiger partial charge in [-0.05, 0) is 81.0 Å². The summed E-state index contributed by atoms with van der Waals surface area (Å²) < 4.78 is 12.3. The van der Waals surface area contributed by atoms with Gasteiger partial charge in [0.15, 0.2) is 5.78 Å². The number of hydrogen-bond acceptors (Lipinski definition) is 7. The average molecular weight is 512 g/mol. The van der Waals surface area contributed by atoms with E-state index in [1.807, 2.05) is 6.92 Å². The normalized spacial score (nSPS) is 50.9. The van der Waals surface area contributed by atoms with E-state index >= 15 is 0 Å². The Labute approximate surface area is 219 Å². The number of esters is 1. The van der Waals surface area contributed by atoms with E-state index in [0.29, 0.717) is 29.7 Å². The molecule has 0 aromatic carbocycles. The molecule has 0 amide bonds. The lowest BCUT2D eigenvalue weighted by Gasteiger charge is -2.58. The largest absolute Gasteiger partial charge is 0.458 e. The van der Waals surface area contributed by atoms with Gasteiger partial charge in [0.2, 0.25) is 0 Å². The highest BCUT2D eigenvalue weighted by molar-refractivity contribution is 5.99. The first kappa shape index (κ1) is 24.3. The highest BCUT2D eigenvalue weighted by Gasteiger charge is 2.81. The number of epoxide rings is 1. The summed E-state index contributed by atoms with van der Waals surface area (Å²) in [6.45, 7) is 10.3. The van der Waals surface area contributed by atoms with E-state index in [0.717, 1.165) is 56.5 Å². The number of aliphatic hydroxyl groups is 2. The lowest BCUT2D eigenvalue weighted by molar-refractivity contribution is -0.156. The first-order chi connectivity index (χ1) is 17.6. The van der Waals surface area contributed by atoms with Crippen molar-refractivity contribution in [2.45, 2.75) is 90.1 Å². The monoisotopic (exact) mass is 511 g/mol. The zero-order valence-electron chi connectivity index (χ0n) is 22.5. The highest BCUT2D eigenvalue weighted by atomic mass is 16.6. The van der Waals surface area contributed by atoms with Crippen LogP contribution in [0.3, 0.4) is 0 Å². The van der Waals surface area contributed by atoms with Crippen molar-refractivity contribution in [2.75, 3.05) is 19.7 Å². The SMILES string of the molecule is CC1=C(CO)C(=O)O[C@H]([C@H](C)[C@H]2CC[C@H]3[C@@H]4C[C@H]5O[C@@]56[C@@H](O)C(N5CC5)=CC(=O)[C@]6(C)[C@H]4CC[C@]23C)C1. The zero-order chi connectivity index (χ0) is 26.1. The number of rotatable bonds is 4. The number of hydrogen-bond donors (Lipinski definition) is 2. The van der Waals surface area contributed by atoms with Crippen LogP contribution in [0.15, 0.2) is 22.9 Å². The van der Waals surface area contributed by atoms with E-state index in [1.54, 1.807) is 6.08 Å². The minimum absolute atomic E-state index is 0.0517. The number of carbonyl (C=O) groups is 2. The molecule has 7 nitrogen and oxygen atoms in total. The molecule has 7 heteroatoms. The van der Waals surface area contributed by atoms with Crippen LogP contribution in [0, 0.1) is 40.4 Å². The molecular weight excluding hydrogens is 470 g/mol. The Balaban J connectivity index is 1.16. The number of nitrogens with zero attached hydrogens (tertiary/aromatic N) is 1. The lowest BCUT2D eigenvalue weighted by atomic mass is 9.44. The molecule has 0 aromatic heterocycles. The van der Waals surface area contributed by atoms with Gasteiger partial charge in [0.1, 0.15) is 17.8 Å². The molecule has 3 saturated carbocycles. The maximum atomic E-state index is 13.8. The van der Waals surface area contributed by atoms with Crippen LogP contribution in [0.2, 0.25) is 0 Å². The van der Waals surface area contributed by atoms with Crippen molar-refractivity contribution in [3.63, 3.8) is 0 Å². The van der Waals surface area contributed by atoms with E-state index in [2.05, 4.69) is 25.7 Å². The second kappa shape index (κ2) is 7.70. The fraction of sp³-hybridized carbons (Fsp3) is 0.800. The number of allylic oxidation sites excluding steroid dienone is 1. The van der Waals surface area contributed by atoms with Gasteiger partial charge in [-0.15, -0.1) is 0 Å². The van der Waals surface area contributed by atoms with E-state index in [9.17, 15) is 19.8 Å². The second-order valence-electron chi connectivity index (χ2n) is 13.7. The molecule has 1 spiro atoms. The number of aliphatic hydroxyl groups excluding tert-OH is 2. The van der Waals surface area contributed by atoms with Crippen molar-refractivity contribution in [1.29, 1.82) is 0 Å². The van der Waals surface area contributed by atoms with Gasteiger partial charge < -0.3 is 24.6 Å². The Morgan fingerprint density at radius 2 is 1.92 bits per heavy atom. The molecular formula is C30H41NO6. The van der Waals surface area contributed by atoms with Crippen LogP contribution in [-0.2, 0) is 19.1 Å². The third-order valence-electron chi connectivity index (χ3n) is 12.5. The van der Waals surface area contributed by atoms with Gasteiger partial charge in [0, 0.05) is 31.3 Å². The molecule has 2 N–H and O–H groups in total. The maximum Gasteiger partial charge on any atom is 0.336 e. The Morgan fingerprint density at radius 3 is 2.59 bits per heavy atom. The summed E-state index contributed by atoms with van der Waals surface area (Å²) in [4.78, 5) is 28.5. The van der Waals surface area contributed by atoms with E-state index in [4.69, 9.17) is 9.47 Å². The second-order valence-corrected chi connectivity index (χ2v) is 13.7. The average Bonchev–Trinajstić information content (AvgIpc) is 3.77. The molecule has 4 aliphatic carbocycles. The quantitative estimate of drug-likeness (QED) is 0.442. The van der Waals surface area contributed by atoms with Crippen LogP contribution in [0.5, 0.6) is 0 Å². The van der Waals surface area contributed by atoms with Crippen molar-refractivity contribution in [2.24, 2.45) is 40.4 Å². The summed E-state index contributed by atoms with van der Waals surface area (Å²) in [7, 11) is 0. The molecule has 0 aromatic rings. The molecule has 3 heterocycles. The highest BCUT2D eigenvalue weighted by Crippen LogP contribution is 2.73. The van der Waals surface area contributed by atoms with Crippen LogP contribution in [0.25, 0.3) is 0 Å². The minimum atomic E-state index is -0.748. The van der Waals surface area contributed by atoms with E-state index < -0.39 is 17.1 Å². The fourth-order valence-electron chi connectivity index (χ4n) is 10.3. The van der Waals surface area contributed by atoms with Crippen molar-refractivity contribution >= 4 is 11.8 Å². The first-order valence-electron chi connectivity index (χ1n) is 14.4. The molecule has 11 atom stereocenters. The van der Waals surface area contributed by atoms with Crippen molar-refractivity contribution in [3.8, 4) is 0 Å². The molecule has 0 radical (unpaired) electrons. The molecule has 5 fully saturated rings.